The number of pyridine rings is 1. The van der Waals surface area contributed by atoms with Crippen LogP contribution >= 0.6 is 15.9 Å². The average molecular weight is 259 g/mol. The van der Waals surface area contributed by atoms with Gasteiger partial charge in [-0.2, -0.15) is 0 Å². The number of nitrogens with two attached hydrogens (primary N) is 1. The topological polar surface area (TPSA) is 38.9 Å². The molecule has 0 spiro atoms. The van der Waals surface area contributed by atoms with E-state index in [0.29, 0.717) is 5.39 Å². The van der Waals surface area contributed by atoms with Gasteiger partial charge in [0, 0.05) is 0 Å². The summed E-state index contributed by atoms with van der Waals surface area (Å²) in [6, 6.07) is 4.00. The van der Waals surface area contributed by atoms with Crippen molar-refractivity contribution >= 4 is 32.5 Å². The lowest BCUT2D eigenvalue weighted by molar-refractivity contribution is 0.516. The van der Waals surface area contributed by atoms with E-state index in [4.69, 9.17) is 5.73 Å². The van der Waals surface area contributed by atoms with E-state index in [1.54, 1.807) is 0 Å². The molecule has 2 aromatic rings. The van der Waals surface area contributed by atoms with E-state index in [0.717, 1.165) is 6.07 Å². The number of hydrogen-bond donors (Lipinski definition) is 1. The minimum Gasteiger partial charge on any atom is -0.384 e. The Balaban J connectivity index is 2.95. The van der Waals surface area contributed by atoms with E-state index < -0.39 is 11.6 Å². The molecule has 14 heavy (non-hydrogen) atoms. The van der Waals surface area contributed by atoms with Gasteiger partial charge in [-0.25, -0.2) is 13.8 Å². The number of benzene rings is 1. The van der Waals surface area contributed by atoms with Crippen LogP contribution in [0.2, 0.25) is 0 Å². The highest BCUT2D eigenvalue weighted by Crippen LogP contribution is 2.27. The summed E-state index contributed by atoms with van der Waals surface area (Å²) in [4.78, 5) is 3.79. The van der Waals surface area contributed by atoms with Crippen molar-refractivity contribution in [2.24, 2.45) is 0 Å². The smallest absolute Gasteiger partial charge is 0.169 e. The molecule has 2 rings (SSSR count). The van der Waals surface area contributed by atoms with Crippen molar-refractivity contribution in [3.05, 3.63) is 34.4 Å². The molecule has 0 radical (unpaired) electrons. The Morgan fingerprint density at radius 3 is 2.71 bits per heavy atom. The normalized spacial score (nSPS) is 10.8. The van der Waals surface area contributed by atoms with Crippen molar-refractivity contribution in [3.63, 3.8) is 0 Å². The molecular formula is C9H5BrF2N2. The highest BCUT2D eigenvalue weighted by molar-refractivity contribution is 9.10. The number of hydrogen-bond acceptors (Lipinski definition) is 2. The molecule has 0 saturated carbocycles. The van der Waals surface area contributed by atoms with E-state index in [9.17, 15) is 8.78 Å². The van der Waals surface area contributed by atoms with Crippen molar-refractivity contribution < 1.29 is 8.78 Å². The third-order valence-electron chi connectivity index (χ3n) is 1.86. The zero-order valence-corrected chi connectivity index (χ0v) is 8.48. The first kappa shape index (κ1) is 9.33. The minimum atomic E-state index is -0.915. The van der Waals surface area contributed by atoms with Gasteiger partial charge in [0.2, 0.25) is 0 Å². The first-order chi connectivity index (χ1) is 6.59. The number of anilines is 1. The average Bonchev–Trinajstić information content (AvgIpc) is 2.10. The number of halogens is 3. The zero-order valence-electron chi connectivity index (χ0n) is 6.89. The molecule has 0 unspecified atom stereocenters. The van der Waals surface area contributed by atoms with E-state index in [1.165, 1.54) is 12.1 Å². The van der Waals surface area contributed by atoms with Crippen molar-refractivity contribution in [2.75, 3.05) is 5.73 Å². The van der Waals surface area contributed by atoms with Crippen LogP contribution in [0.4, 0.5) is 14.6 Å². The van der Waals surface area contributed by atoms with Gasteiger partial charge < -0.3 is 5.73 Å². The van der Waals surface area contributed by atoms with Gasteiger partial charge in [-0.1, -0.05) is 6.07 Å². The van der Waals surface area contributed by atoms with Crippen LogP contribution in [0.3, 0.4) is 0 Å². The molecule has 0 aliphatic rings. The molecule has 2 N–H and O–H groups in total. The number of nitrogen functional groups attached to an aromatic ring is 1. The SMILES string of the molecule is Nc1cc2ccc(F)c(F)c2c(Br)n1. The molecule has 0 aliphatic heterocycles. The summed E-state index contributed by atoms with van der Waals surface area (Å²) in [6.07, 6.45) is 0. The van der Waals surface area contributed by atoms with E-state index in [-0.39, 0.29) is 15.8 Å². The first-order valence-electron chi connectivity index (χ1n) is 3.79. The van der Waals surface area contributed by atoms with Crippen molar-refractivity contribution in [1.29, 1.82) is 0 Å². The highest BCUT2D eigenvalue weighted by Gasteiger charge is 2.11. The molecule has 1 heterocycles. The fraction of sp³-hybridized carbons (Fsp3) is 0. The maximum absolute atomic E-state index is 13.3. The van der Waals surface area contributed by atoms with Gasteiger partial charge in [-0.3, -0.25) is 0 Å². The largest absolute Gasteiger partial charge is 0.384 e. The van der Waals surface area contributed by atoms with Gasteiger partial charge in [-0.15, -0.1) is 0 Å². The first-order valence-corrected chi connectivity index (χ1v) is 4.58. The minimum absolute atomic E-state index is 0.110. The molecule has 5 heteroatoms. The fourth-order valence-corrected chi connectivity index (χ4v) is 1.86. The van der Waals surface area contributed by atoms with E-state index in [2.05, 4.69) is 20.9 Å². The Hall–Kier alpha value is -1.23. The Morgan fingerprint density at radius 1 is 1.29 bits per heavy atom. The van der Waals surface area contributed by atoms with Gasteiger partial charge in [-0.05, 0) is 33.4 Å². The van der Waals surface area contributed by atoms with Crippen LogP contribution in [0, 0.1) is 11.6 Å². The monoisotopic (exact) mass is 258 g/mol. The predicted octanol–water partition coefficient (Wildman–Crippen LogP) is 2.86. The lowest BCUT2D eigenvalue weighted by atomic mass is 10.1. The third-order valence-corrected chi connectivity index (χ3v) is 2.44. The molecule has 72 valence electrons. The van der Waals surface area contributed by atoms with Crippen LogP contribution in [-0.4, -0.2) is 4.98 Å². The molecule has 0 amide bonds. The van der Waals surface area contributed by atoms with Crippen LogP contribution in [-0.2, 0) is 0 Å². The van der Waals surface area contributed by atoms with Crippen LogP contribution in [0.1, 0.15) is 0 Å². The van der Waals surface area contributed by atoms with Gasteiger partial charge in [0.25, 0.3) is 0 Å². The van der Waals surface area contributed by atoms with Crippen LogP contribution in [0.15, 0.2) is 22.8 Å². The molecular weight excluding hydrogens is 254 g/mol. The summed E-state index contributed by atoms with van der Waals surface area (Å²) >= 11 is 3.03. The van der Waals surface area contributed by atoms with Crippen molar-refractivity contribution in [3.8, 4) is 0 Å². The van der Waals surface area contributed by atoms with Crippen molar-refractivity contribution in [2.45, 2.75) is 0 Å². The van der Waals surface area contributed by atoms with Crippen molar-refractivity contribution in [1.82, 2.24) is 4.98 Å². The second-order valence-electron chi connectivity index (χ2n) is 2.80. The lowest BCUT2D eigenvalue weighted by Crippen LogP contribution is -1.94. The third kappa shape index (κ3) is 1.33. The predicted molar refractivity (Wildman–Crippen MR) is 53.8 cm³/mol. The second kappa shape index (κ2) is 3.16. The molecule has 0 bridgehead atoms. The highest BCUT2D eigenvalue weighted by atomic mass is 79.9. The zero-order chi connectivity index (χ0) is 10.3. The molecule has 0 saturated heterocycles. The molecule has 0 fully saturated rings. The standard InChI is InChI=1S/C9H5BrF2N2/c10-9-7-4(3-6(13)14-9)1-2-5(11)8(7)12/h1-3H,(H2,13,14). The number of aromatic nitrogens is 1. The molecule has 1 aromatic heterocycles. The number of nitrogens with zero attached hydrogens (tertiary/aromatic N) is 1. The maximum Gasteiger partial charge on any atom is 0.169 e. The molecule has 0 atom stereocenters. The van der Waals surface area contributed by atoms with Crippen LogP contribution < -0.4 is 5.73 Å². The summed E-state index contributed by atoms with van der Waals surface area (Å²) < 4.78 is 26.4. The quantitative estimate of drug-likeness (QED) is 0.739. The molecule has 2 nitrogen and oxygen atoms in total. The Labute approximate surface area is 86.9 Å². The number of fused-ring (bicyclic) bond motifs is 1. The van der Waals surface area contributed by atoms with Gasteiger partial charge in [0.1, 0.15) is 10.4 Å². The van der Waals surface area contributed by atoms with Crippen LogP contribution in [0.25, 0.3) is 10.8 Å². The van der Waals surface area contributed by atoms with Gasteiger partial charge in [0.05, 0.1) is 5.39 Å². The van der Waals surface area contributed by atoms with E-state index >= 15 is 0 Å². The fourth-order valence-electron chi connectivity index (χ4n) is 1.26. The Morgan fingerprint density at radius 2 is 2.00 bits per heavy atom. The van der Waals surface area contributed by atoms with E-state index in [1.807, 2.05) is 0 Å². The Kier molecular flexibility index (Phi) is 2.11. The molecule has 0 aliphatic carbocycles. The summed E-state index contributed by atoms with van der Waals surface area (Å²) in [6.45, 7) is 0. The maximum atomic E-state index is 13.3. The summed E-state index contributed by atoms with van der Waals surface area (Å²) in [5, 5.41) is 0.627. The van der Waals surface area contributed by atoms with Gasteiger partial charge in [0.15, 0.2) is 11.6 Å². The Bertz CT molecular complexity index is 514. The number of rotatable bonds is 0. The van der Waals surface area contributed by atoms with Crippen LogP contribution in [0.5, 0.6) is 0 Å². The summed E-state index contributed by atoms with van der Waals surface area (Å²) in [5.74, 6) is -1.55. The van der Waals surface area contributed by atoms with Gasteiger partial charge >= 0.3 is 0 Å². The summed E-state index contributed by atoms with van der Waals surface area (Å²) in [5.41, 5.74) is 5.46. The summed E-state index contributed by atoms with van der Waals surface area (Å²) in [7, 11) is 0. The molecule has 1 aromatic carbocycles. The second-order valence-corrected chi connectivity index (χ2v) is 3.55. The lowest BCUT2D eigenvalue weighted by Gasteiger charge is -2.03.